The maximum atomic E-state index is 10.9. The van der Waals surface area contributed by atoms with E-state index in [4.69, 9.17) is 4.74 Å². The van der Waals surface area contributed by atoms with Crippen molar-refractivity contribution in [3.8, 4) is 0 Å². The van der Waals surface area contributed by atoms with Gasteiger partial charge in [0.1, 0.15) is 12.7 Å². The van der Waals surface area contributed by atoms with Crippen LogP contribution in [0.15, 0.2) is 24.3 Å². The molecule has 1 unspecified atom stereocenters. The largest absolute Gasteiger partial charge is 0.362 e. The fourth-order valence-corrected chi connectivity index (χ4v) is 1.98. The predicted octanol–water partition coefficient (Wildman–Crippen LogP) is 1.48. The van der Waals surface area contributed by atoms with Crippen LogP contribution in [0.25, 0.3) is 0 Å². The number of benzene rings is 1. The number of carbonyl (C=O) groups is 1. The number of rotatable bonds is 1. The molecule has 1 N–H and O–H groups in total. The zero-order chi connectivity index (χ0) is 9.97. The van der Waals surface area contributed by atoms with Crippen LogP contribution in [0.5, 0.6) is 0 Å². The standard InChI is InChI=1S/C10H10INO2/c11-8-3-1-2-7(4-8)9-5-12-10(13)6-14-9/h1-4,9H,5-6H2,(H,12,13). The summed E-state index contributed by atoms with van der Waals surface area (Å²) in [5.41, 5.74) is 1.12. The molecule has 1 aromatic carbocycles. The third-order valence-electron chi connectivity index (χ3n) is 2.12. The Balaban J connectivity index is 2.12. The Bertz CT molecular complexity index is 344. The van der Waals surface area contributed by atoms with Gasteiger partial charge in [-0.1, -0.05) is 12.1 Å². The van der Waals surface area contributed by atoms with Gasteiger partial charge in [0.25, 0.3) is 0 Å². The Kier molecular flexibility index (Phi) is 3.02. The van der Waals surface area contributed by atoms with E-state index in [0.29, 0.717) is 6.54 Å². The summed E-state index contributed by atoms with van der Waals surface area (Å²) in [4.78, 5) is 10.9. The van der Waals surface area contributed by atoms with Crippen molar-refractivity contribution in [2.24, 2.45) is 0 Å². The van der Waals surface area contributed by atoms with Gasteiger partial charge >= 0.3 is 0 Å². The van der Waals surface area contributed by atoms with E-state index in [2.05, 4.69) is 34.0 Å². The summed E-state index contributed by atoms with van der Waals surface area (Å²) in [5, 5.41) is 2.78. The van der Waals surface area contributed by atoms with Gasteiger partial charge in [0.05, 0.1) is 0 Å². The average Bonchev–Trinajstić information content (AvgIpc) is 2.19. The second kappa shape index (κ2) is 4.27. The van der Waals surface area contributed by atoms with Crippen molar-refractivity contribution < 1.29 is 9.53 Å². The van der Waals surface area contributed by atoms with Crippen molar-refractivity contribution >= 4 is 28.5 Å². The Hall–Kier alpha value is -0.620. The van der Waals surface area contributed by atoms with E-state index in [1.165, 1.54) is 3.57 Å². The molecular formula is C10H10INO2. The van der Waals surface area contributed by atoms with Crippen LogP contribution in [0.4, 0.5) is 0 Å². The summed E-state index contributed by atoms with van der Waals surface area (Å²) in [6, 6.07) is 8.12. The third-order valence-corrected chi connectivity index (χ3v) is 2.79. The Labute approximate surface area is 96.0 Å². The lowest BCUT2D eigenvalue weighted by atomic mass is 10.1. The lowest BCUT2D eigenvalue weighted by Gasteiger charge is -2.23. The maximum absolute atomic E-state index is 10.9. The van der Waals surface area contributed by atoms with E-state index in [0.717, 1.165) is 5.56 Å². The first-order valence-electron chi connectivity index (χ1n) is 4.39. The smallest absolute Gasteiger partial charge is 0.246 e. The van der Waals surface area contributed by atoms with Gasteiger partial charge in [0.15, 0.2) is 0 Å². The number of hydrogen-bond acceptors (Lipinski definition) is 2. The zero-order valence-corrected chi connectivity index (χ0v) is 9.65. The minimum atomic E-state index is -0.0353. The molecule has 0 bridgehead atoms. The summed E-state index contributed by atoms with van der Waals surface area (Å²) < 4.78 is 6.60. The molecule has 14 heavy (non-hydrogen) atoms. The van der Waals surface area contributed by atoms with Crippen molar-refractivity contribution in [2.75, 3.05) is 13.2 Å². The number of nitrogens with one attached hydrogen (secondary N) is 1. The quantitative estimate of drug-likeness (QED) is 0.798. The molecule has 0 spiro atoms. The first-order chi connectivity index (χ1) is 6.75. The van der Waals surface area contributed by atoms with E-state index < -0.39 is 0 Å². The fraction of sp³-hybridized carbons (Fsp3) is 0.300. The fourth-order valence-electron chi connectivity index (χ4n) is 1.41. The molecule has 1 heterocycles. The van der Waals surface area contributed by atoms with Crippen molar-refractivity contribution in [1.29, 1.82) is 0 Å². The molecule has 1 saturated heterocycles. The molecule has 1 aromatic rings. The van der Waals surface area contributed by atoms with Gasteiger partial charge in [-0.15, -0.1) is 0 Å². The van der Waals surface area contributed by atoms with Gasteiger partial charge in [0.2, 0.25) is 5.91 Å². The summed E-state index contributed by atoms with van der Waals surface area (Å²) in [5.74, 6) is -0.0353. The van der Waals surface area contributed by atoms with Crippen LogP contribution in [0, 0.1) is 3.57 Å². The molecule has 1 aliphatic heterocycles. The number of hydrogen-bond donors (Lipinski definition) is 1. The van der Waals surface area contributed by atoms with Crippen LogP contribution >= 0.6 is 22.6 Å². The molecule has 4 heteroatoms. The highest BCUT2D eigenvalue weighted by atomic mass is 127. The second-order valence-electron chi connectivity index (χ2n) is 3.16. The number of ether oxygens (including phenoxy) is 1. The van der Waals surface area contributed by atoms with Gasteiger partial charge in [-0.3, -0.25) is 4.79 Å². The summed E-state index contributed by atoms with van der Waals surface area (Å²) in [6.45, 7) is 0.731. The Morgan fingerprint density at radius 3 is 3.00 bits per heavy atom. The van der Waals surface area contributed by atoms with Crippen LogP contribution in [0.2, 0.25) is 0 Å². The first kappa shape index (κ1) is 9.92. The minimum absolute atomic E-state index is 0.00224. The van der Waals surface area contributed by atoms with Crippen molar-refractivity contribution in [1.82, 2.24) is 5.32 Å². The highest BCUT2D eigenvalue weighted by Crippen LogP contribution is 2.20. The molecule has 1 fully saturated rings. The Morgan fingerprint density at radius 2 is 2.36 bits per heavy atom. The highest BCUT2D eigenvalue weighted by molar-refractivity contribution is 14.1. The maximum Gasteiger partial charge on any atom is 0.246 e. The van der Waals surface area contributed by atoms with E-state index >= 15 is 0 Å². The van der Waals surface area contributed by atoms with Crippen LogP contribution in [0.3, 0.4) is 0 Å². The minimum Gasteiger partial charge on any atom is -0.362 e. The van der Waals surface area contributed by atoms with Crippen molar-refractivity contribution in [3.05, 3.63) is 33.4 Å². The van der Waals surface area contributed by atoms with Gasteiger partial charge in [-0.2, -0.15) is 0 Å². The van der Waals surface area contributed by atoms with Gasteiger partial charge in [-0.25, -0.2) is 0 Å². The molecule has 3 nitrogen and oxygen atoms in total. The first-order valence-corrected chi connectivity index (χ1v) is 5.47. The molecule has 0 saturated carbocycles. The van der Waals surface area contributed by atoms with Crippen molar-refractivity contribution in [2.45, 2.75) is 6.10 Å². The topological polar surface area (TPSA) is 38.3 Å². The van der Waals surface area contributed by atoms with Gasteiger partial charge in [-0.05, 0) is 40.3 Å². The molecular weight excluding hydrogens is 293 g/mol. The van der Waals surface area contributed by atoms with Gasteiger partial charge < -0.3 is 10.1 Å². The molecule has 0 radical (unpaired) electrons. The number of carbonyl (C=O) groups excluding carboxylic acids is 1. The normalized spacial score (nSPS) is 21.8. The monoisotopic (exact) mass is 303 g/mol. The van der Waals surface area contributed by atoms with Crippen LogP contribution in [0.1, 0.15) is 11.7 Å². The molecule has 2 rings (SSSR count). The second-order valence-corrected chi connectivity index (χ2v) is 4.40. The molecule has 0 aromatic heterocycles. The van der Waals surface area contributed by atoms with E-state index in [-0.39, 0.29) is 18.6 Å². The lowest BCUT2D eigenvalue weighted by molar-refractivity contribution is -0.133. The lowest BCUT2D eigenvalue weighted by Crippen LogP contribution is -2.38. The van der Waals surface area contributed by atoms with Crippen LogP contribution in [-0.4, -0.2) is 19.1 Å². The highest BCUT2D eigenvalue weighted by Gasteiger charge is 2.19. The van der Waals surface area contributed by atoms with E-state index in [1.54, 1.807) is 0 Å². The molecule has 0 aliphatic carbocycles. The SMILES string of the molecule is O=C1COC(c2cccc(I)c2)CN1. The average molecular weight is 303 g/mol. The summed E-state index contributed by atoms with van der Waals surface area (Å²) in [7, 11) is 0. The van der Waals surface area contributed by atoms with E-state index in [9.17, 15) is 4.79 Å². The Morgan fingerprint density at radius 1 is 1.50 bits per heavy atom. The molecule has 1 atom stereocenters. The van der Waals surface area contributed by atoms with Crippen LogP contribution in [-0.2, 0) is 9.53 Å². The zero-order valence-electron chi connectivity index (χ0n) is 7.50. The molecule has 1 amide bonds. The van der Waals surface area contributed by atoms with E-state index in [1.807, 2.05) is 18.2 Å². The summed E-state index contributed by atoms with van der Waals surface area (Å²) >= 11 is 2.26. The number of halogens is 1. The van der Waals surface area contributed by atoms with Crippen LogP contribution < -0.4 is 5.32 Å². The van der Waals surface area contributed by atoms with Gasteiger partial charge in [0, 0.05) is 10.1 Å². The number of amides is 1. The van der Waals surface area contributed by atoms with Crippen molar-refractivity contribution in [3.63, 3.8) is 0 Å². The molecule has 1 aliphatic rings. The number of morpholine rings is 1. The third kappa shape index (κ3) is 2.24. The summed E-state index contributed by atoms with van der Waals surface area (Å²) in [6.07, 6.45) is 0.00224. The molecule has 74 valence electrons. The predicted molar refractivity (Wildman–Crippen MR) is 60.9 cm³/mol.